The van der Waals surface area contributed by atoms with Crippen LogP contribution in [0.25, 0.3) is 11.4 Å². The first-order chi connectivity index (χ1) is 12.3. The number of rotatable bonds is 5. The first-order valence-corrected chi connectivity index (χ1v) is 7.51. The predicted molar refractivity (Wildman–Crippen MR) is 85.2 cm³/mol. The average molecular weight is 365 g/mol. The standard InChI is InChI=1S/C16H14F3N5O2/c1-9-7-21-24-14(9)12-6-10(22-23-12)8-20-15(25)11-4-2-3-5-13(11)26-16(17,18)19/h2-7H,8H2,1H3,(H,20,25)(H,21,24)(H,22,23). The Morgan fingerprint density at radius 2 is 2.04 bits per heavy atom. The molecule has 26 heavy (non-hydrogen) atoms. The first-order valence-electron chi connectivity index (χ1n) is 7.51. The van der Waals surface area contributed by atoms with Gasteiger partial charge in [0.05, 0.1) is 29.7 Å². The molecule has 3 N–H and O–H groups in total. The number of aryl methyl sites for hydroxylation is 1. The number of carbonyl (C=O) groups is 1. The minimum Gasteiger partial charge on any atom is -0.405 e. The topological polar surface area (TPSA) is 95.7 Å². The average Bonchev–Trinajstić information content (AvgIpc) is 3.20. The van der Waals surface area contributed by atoms with Crippen LogP contribution >= 0.6 is 0 Å². The molecule has 7 nitrogen and oxygen atoms in total. The molecule has 1 aromatic carbocycles. The number of hydrogen-bond donors (Lipinski definition) is 3. The van der Waals surface area contributed by atoms with E-state index >= 15 is 0 Å². The predicted octanol–water partition coefficient (Wildman–Crippen LogP) is 2.94. The number of nitrogens with one attached hydrogen (secondary N) is 3. The molecule has 0 aliphatic heterocycles. The fraction of sp³-hybridized carbons (Fsp3) is 0.188. The Morgan fingerprint density at radius 1 is 1.27 bits per heavy atom. The minimum absolute atomic E-state index is 0.0549. The van der Waals surface area contributed by atoms with Crippen LogP contribution in [0.4, 0.5) is 13.2 Å². The van der Waals surface area contributed by atoms with Gasteiger partial charge in [-0.25, -0.2) is 0 Å². The van der Waals surface area contributed by atoms with Crippen LogP contribution in [0.2, 0.25) is 0 Å². The third-order valence-corrected chi connectivity index (χ3v) is 3.51. The zero-order valence-electron chi connectivity index (χ0n) is 13.5. The van der Waals surface area contributed by atoms with E-state index in [9.17, 15) is 18.0 Å². The molecule has 0 aliphatic carbocycles. The van der Waals surface area contributed by atoms with Gasteiger partial charge in [-0.2, -0.15) is 10.2 Å². The van der Waals surface area contributed by atoms with E-state index in [0.29, 0.717) is 11.4 Å². The maximum absolute atomic E-state index is 12.4. The zero-order valence-corrected chi connectivity index (χ0v) is 13.5. The number of halogens is 3. The summed E-state index contributed by atoms with van der Waals surface area (Å²) in [5.41, 5.74) is 2.63. The van der Waals surface area contributed by atoms with Crippen LogP contribution in [-0.2, 0) is 6.54 Å². The van der Waals surface area contributed by atoms with Gasteiger partial charge in [0, 0.05) is 0 Å². The zero-order chi connectivity index (χ0) is 18.7. The first kappa shape index (κ1) is 17.5. The Kier molecular flexibility index (Phi) is 4.65. The number of benzene rings is 1. The van der Waals surface area contributed by atoms with Gasteiger partial charge in [-0.15, -0.1) is 13.2 Å². The van der Waals surface area contributed by atoms with E-state index in [2.05, 4.69) is 30.4 Å². The fourth-order valence-electron chi connectivity index (χ4n) is 2.32. The number of alkyl halides is 3. The van der Waals surface area contributed by atoms with Crippen LogP contribution < -0.4 is 10.1 Å². The Bertz CT molecular complexity index is 917. The van der Waals surface area contributed by atoms with E-state index in [1.54, 1.807) is 12.3 Å². The van der Waals surface area contributed by atoms with Gasteiger partial charge in [-0.1, -0.05) is 12.1 Å². The highest BCUT2D eigenvalue weighted by molar-refractivity contribution is 5.96. The number of para-hydroxylation sites is 1. The molecule has 136 valence electrons. The summed E-state index contributed by atoms with van der Waals surface area (Å²) in [5.74, 6) is -1.25. The molecule has 0 bridgehead atoms. The molecule has 10 heteroatoms. The molecule has 0 aliphatic rings. The number of carbonyl (C=O) groups excluding carboxylic acids is 1. The van der Waals surface area contributed by atoms with Crippen LogP contribution in [0, 0.1) is 6.92 Å². The summed E-state index contributed by atoms with van der Waals surface area (Å²) >= 11 is 0. The molecule has 2 aromatic heterocycles. The van der Waals surface area contributed by atoms with Crippen molar-refractivity contribution in [1.82, 2.24) is 25.7 Å². The molecule has 0 saturated heterocycles. The van der Waals surface area contributed by atoms with Gasteiger partial charge in [0.1, 0.15) is 11.4 Å². The van der Waals surface area contributed by atoms with Crippen molar-refractivity contribution in [2.24, 2.45) is 0 Å². The highest BCUT2D eigenvalue weighted by Gasteiger charge is 2.32. The van der Waals surface area contributed by atoms with Crippen LogP contribution in [-0.4, -0.2) is 32.7 Å². The molecule has 1 amide bonds. The van der Waals surface area contributed by atoms with Crippen LogP contribution in [0.15, 0.2) is 36.5 Å². The van der Waals surface area contributed by atoms with E-state index in [-0.39, 0.29) is 12.1 Å². The second kappa shape index (κ2) is 6.90. The smallest absolute Gasteiger partial charge is 0.405 e. The molecule has 3 rings (SSSR count). The summed E-state index contributed by atoms with van der Waals surface area (Å²) in [4.78, 5) is 12.2. The van der Waals surface area contributed by atoms with Gasteiger partial charge < -0.3 is 10.1 Å². The van der Waals surface area contributed by atoms with E-state index in [4.69, 9.17) is 0 Å². The molecule has 0 saturated carbocycles. The molecule has 0 unspecified atom stereocenters. The van der Waals surface area contributed by atoms with Gasteiger partial charge >= 0.3 is 6.36 Å². The Morgan fingerprint density at radius 3 is 2.73 bits per heavy atom. The summed E-state index contributed by atoms with van der Waals surface area (Å²) in [6.07, 6.45) is -3.22. The van der Waals surface area contributed by atoms with Gasteiger partial charge in [-0.3, -0.25) is 15.0 Å². The lowest BCUT2D eigenvalue weighted by Gasteiger charge is -2.12. The maximum atomic E-state index is 12.4. The van der Waals surface area contributed by atoms with Gasteiger partial charge in [0.2, 0.25) is 0 Å². The molecule has 3 aromatic rings. The van der Waals surface area contributed by atoms with E-state index in [1.807, 2.05) is 6.92 Å². The number of amides is 1. The molecular formula is C16H14F3N5O2. The van der Waals surface area contributed by atoms with E-state index in [0.717, 1.165) is 17.3 Å². The van der Waals surface area contributed by atoms with Crippen LogP contribution in [0.1, 0.15) is 21.6 Å². The van der Waals surface area contributed by atoms with Crippen LogP contribution in [0.5, 0.6) is 5.75 Å². The molecule has 2 heterocycles. The van der Waals surface area contributed by atoms with Crippen molar-refractivity contribution in [2.75, 3.05) is 0 Å². The number of H-pyrrole nitrogens is 2. The normalized spacial score (nSPS) is 11.4. The van der Waals surface area contributed by atoms with Crippen molar-refractivity contribution in [3.63, 3.8) is 0 Å². The van der Waals surface area contributed by atoms with Crippen LogP contribution in [0.3, 0.4) is 0 Å². The number of nitrogens with zero attached hydrogens (tertiary/aromatic N) is 2. The van der Waals surface area contributed by atoms with Crippen molar-refractivity contribution in [2.45, 2.75) is 19.8 Å². The second-order valence-electron chi connectivity index (χ2n) is 5.43. The number of aromatic nitrogens is 4. The van der Waals surface area contributed by atoms with Gasteiger partial charge in [-0.05, 0) is 30.7 Å². The molecule has 0 atom stereocenters. The number of aromatic amines is 2. The van der Waals surface area contributed by atoms with Gasteiger partial charge in [0.15, 0.2) is 0 Å². The largest absolute Gasteiger partial charge is 0.573 e. The van der Waals surface area contributed by atoms with Crippen molar-refractivity contribution in [1.29, 1.82) is 0 Å². The monoisotopic (exact) mass is 365 g/mol. The second-order valence-corrected chi connectivity index (χ2v) is 5.43. The molecule has 0 spiro atoms. The van der Waals surface area contributed by atoms with Crippen molar-refractivity contribution in [3.05, 3.63) is 53.3 Å². The lowest BCUT2D eigenvalue weighted by molar-refractivity contribution is -0.274. The number of hydrogen-bond acceptors (Lipinski definition) is 4. The third kappa shape index (κ3) is 4.02. The summed E-state index contributed by atoms with van der Waals surface area (Å²) < 4.78 is 41.2. The van der Waals surface area contributed by atoms with E-state index in [1.165, 1.54) is 18.2 Å². The van der Waals surface area contributed by atoms with Gasteiger partial charge in [0.25, 0.3) is 5.91 Å². The minimum atomic E-state index is -4.88. The van der Waals surface area contributed by atoms with Crippen molar-refractivity contribution >= 4 is 5.91 Å². The maximum Gasteiger partial charge on any atom is 0.573 e. The fourth-order valence-corrected chi connectivity index (χ4v) is 2.32. The lowest BCUT2D eigenvalue weighted by atomic mass is 10.2. The third-order valence-electron chi connectivity index (χ3n) is 3.51. The lowest BCUT2D eigenvalue weighted by Crippen LogP contribution is -2.25. The summed E-state index contributed by atoms with van der Waals surface area (Å²) in [5, 5.41) is 16.1. The number of ether oxygens (including phenoxy) is 1. The van der Waals surface area contributed by atoms with Crippen molar-refractivity contribution < 1.29 is 22.7 Å². The quantitative estimate of drug-likeness (QED) is 0.648. The summed E-state index contributed by atoms with van der Waals surface area (Å²) in [6.45, 7) is 1.92. The SMILES string of the molecule is Cc1cn[nH]c1-c1cc(CNC(=O)c2ccccc2OC(F)(F)F)[nH]n1. The molecular weight excluding hydrogens is 351 g/mol. The van der Waals surface area contributed by atoms with E-state index < -0.39 is 18.0 Å². The Labute approximate surface area is 145 Å². The highest BCUT2D eigenvalue weighted by atomic mass is 19.4. The molecule has 0 fully saturated rings. The molecule has 0 radical (unpaired) electrons. The Hall–Kier alpha value is -3.30. The summed E-state index contributed by atoms with van der Waals surface area (Å²) in [7, 11) is 0. The highest BCUT2D eigenvalue weighted by Crippen LogP contribution is 2.26. The summed E-state index contributed by atoms with van der Waals surface area (Å²) in [6, 6.07) is 6.85. The van der Waals surface area contributed by atoms with Crippen molar-refractivity contribution in [3.8, 4) is 17.1 Å². The Balaban J connectivity index is 1.69.